The molecule has 0 aliphatic rings. The second-order valence-electron chi connectivity index (χ2n) is 4.91. The molecule has 2 aromatic rings. The molecule has 0 unspecified atom stereocenters. The SMILES string of the molecule is CC(=O)Oc1ccc(N=Nc2ccc(Cl)cc2[N+](=O)[O-])c(OC(C)=O)c1. The first kappa shape index (κ1) is 19.0. The van der Waals surface area contributed by atoms with Crippen molar-refractivity contribution in [2.75, 3.05) is 0 Å². The van der Waals surface area contributed by atoms with Crippen molar-refractivity contribution < 1.29 is 24.0 Å². The van der Waals surface area contributed by atoms with Crippen LogP contribution in [0.1, 0.15) is 13.8 Å². The number of rotatable bonds is 5. The molecule has 0 aromatic heterocycles. The smallest absolute Gasteiger partial charge is 0.308 e. The highest BCUT2D eigenvalue weighted by molar-refractivity contribution is 6.30. The molecule has 0 saturated heterocycles. The quantitative estimate of drug-likeness (QED) is 0.248. The Labute approximate surface area is 152 Å². The first-order valence-corrected chi connectivity index (χ1v) is 7.50. The van der Waals surface area contributed by atoms with Gasteiger partial charge in [0.15, 0.2) is 11.4 Å². The van der Waals surface area contributed by atoms with E-state index in [0.29, 0.717) is 0 Å². The van der Waals surface area contributed by atoms with E-state index in [0.717, 1.165) is 6.07 Å². The molecule has 0 fully saturated rings. The summed E-state index contributed by atoms with van der Waals surface area (Å²) in [6.07, 6.45) is 0. The predicted octanol–water partition coefficient (Wildman–Crippen LogP) is 4.51. The number of benzene rings is 2. The fraction of sp³-hybridized carbons (Fsp3) is 0.125. The van der Waals surface area contributed by atoms with Crippen LogP contribution in [0.5, 0.6) is 11.5 Å². The van der Waals surface area contributed by atoms with E-state index in [1.54, 1.807) is 0 Å². The highest BCUT2D eigenvalue weighted by Crippen LogP contribution is 2.36. The summed E-state index contributed by atoms with van der Waals surface area (Å²) in [5, 5.41) is 19.0. The Hall–Kier alpha value is -3.33. The van der Waals surface area contributed by atoms with E-state index in [9.17, 15) is 19.7 Å². The topological polar surface area (TPSA) is 120 Å². The highest BCUT2D eigenvalue weighted by atomic mass is 35.5. The maximum Gasteiger partial charge on any atom is 0.308 e. The van der Waals surface area contributed by atoms with Crippen LogP contribution < -0.4 is 9.47 Å². The Bertz CT molecular complexity index is 913. The van der Waals surface area contributed by atoms with Crippen LogP contribution in [0.4, 0.5) is 17.1 Å². The van der Waals surface area contributed by atoms with Gasteiger partial charge in [0.1, 0.15) is 11.4 Å². The van der Waals surface area contributed by atoms with E-state index in [1.165, 1.54) is 44.2 Å². The Morgan fingerprint density at radius 1 is 1.00 bits per heavy atom. The molecule has 10 heteroatoms. The van der Waals surface area contributed by atoms with Gasteiger partial charge >= 0.3 is 11.9 Å². The van der Waals surface area contributed by atoms with Crippen LogP contribution >= 0.6 is 11.6 Å². The lowest BCUT2D eigenvalue weighted by Crippen LogP contribution is -2.04. The summed E-state index contributed by atoms with van der Waals surface area (Å²) in [6.45, 7) is 2.41. The van der Waals surface area contributed by atoms with E-state index >= 15 is 0 Å². The second kappa shape index (κ2) is 8.17. The van der Waals surface area contributed by atoms with Crippen molar-refractivity contribution in [3.05, 3.63) is 51.5 Å². The summed E-state index contributed by atoms with van der Waals surface area (Å²) in [5.74, 6) is -1.05. The van der Waals surface area contributed by atoms with Crippen LogP contribution in [0.15, 0.2) is 46.6 Å². The summed E-state index contributed by atoms with van der Waals surface area (Å²) in [7, 11) is 0. The third-order valence-corrected chi connectivity index (χ3v) is 3.08. The Kier molecular flexibility index (Phi) is 5.97. The maximum absolute atomic E-state index is 11.2. The number of carbonyl (C=O) groups is 2. The zero-order valence-electron chi connectivity index (χ0n) is 13.6. The minimum atomic E-state index is -0.642. The van der Waals surface area contributed by atoms with Gasteiger partial charge in [0.2, 0.25) is 0 Å². The van der Waals surface area contributed by atoms with Crippen LogP contribution in [0.2, 0.25) is 5.02 Å². The van der Waals surface area contributed by atoms with Crippen molar-refractivity contribution in [1.82, 2.24) is 0 Å². The van der Waals surface area contributed by atoms with Gasteiger partial charge in [0, 0.05) is 31.0 Å². The molecule has 0 radical (unpaired) electrons. The summed E-state index contributed by atoms with van der Waals surface area (Å²) in [4.78, 5) is 32.7. The van der Waals surface area contributed by atoms with E-state index in [4.69, 9.17) is 21.1 Å². The number of azo groups is 1. The minimum Gasteiger partial charge on any atom is -0.427 e. The van der Waals surface area contributed by atoms with Crippen molar-refractivity contribution in [1.29, 1.82) is 0 Å². The van der Waals surface area contributed by atoms with Crippen LogP contribution in [0.3, 0.4) is 0 Å². The average Bonchev–Trinajstić information content (AvgIpc) is 2.53. The zero-order valence-corrected chi connectivity index (χ0v) is 14.4. The maximum atomic E-state index is 11.2. The molecule has 0 aliphatic heterocycles. The molecule has 0 atom stereocenters. The first-order chi connectivity index (χ1) is 12.3. The van der Waals surface area contributed by atoms with Gasteiger partial charge in [0.05, 0.1) is 4.92 Å². The molecule has 0 N–H and O–H groups in total. The second-order valence-corrected chi connectivity index (χ2v) is 5.34. The van der Waals surface area contributed by atoms with Gasteiger partial charge in [-0.2, -0.15) is 0 Å². The van der Waals surface area contributed by atoms with Crippen LogP contribution in [0, 0.1) is 10.1 Å². The van der Waals surface area contributed by atoms with Gasteiger partial charge in [-0.3, -0.25) is 19.7 Å². The number of carbonyl (C=O) groups excluding carboxylic acids is 2. The fourth-order valence-corrected chi connectivity index (χ4v) is 2.04. The number of hydrogen-bond acceptors (Lipinski definition) is 8. The zero-order chi connectivity index (χ0) is 19.3. The van der Waals surface area contributed by atoms with Crippen LogP contribution in [0.25, 0.3) is 0 Å². The number of esters is 2. The Balaban J connectivity index is 2.42. The van der Waals surface area contributed by atoms with Gasteiger partial charge in [-0.1, -0.05) is 11.6 Å². The lowest BCUT2D eigenvalue weighted by atomic mass is 10.2. The number of ether oxygens (including phenoxy) is 2. The van der Waals surface area contributed by atoms with Crippen LogP contribution in [-0.4, -0.2) is 16.9 Å². The van der Waals surface area contributed by atoms with Gasteiger partial charge in [-0.05, 0) is 24.3 Å². The monoisotopic (exact) mass is 377 g/mol. The van der Waals surface area contributed by atoms with Crippen molar-refractivity contribution in [2.45, 2.75) is 13.8 Å². The van der Waals surface area contributed by atoms with E-state index in [1.807, 2.05) is 0 Å². The van der Waals surface area contributed by atoms with E-state index in [2.05, 4.69) is 10.2 Å². The van der Waals surface area contributed by atoms with Crippen LogP contribution in [-0.2, 0) is 9.59 Å². The molecular weight excluding hydrogens is 366 g/mol. The average molecular weight is 378 g/mol. The molecule has 0 bridgehead atoms. The number of nitro groups is 1. The third-order valence-electron chi connectivity index (χ3n) is 2.85. The van der Waals surface area contributed by atoms with Crippen molar-refractivity contribution in [3.8, 4) is 11.5 Å². The van der Waals surface area contributed by atoms with Crippen molar-refractivity contribution >= 4 is 40.6 Å². The van der Waals surface area contributed by atoms with Crippen molar-refractivity contribution in [2.24, 2.45) is 10.2 Å². The summed E-state index contributed by atoms with van der Waals surface area (Å²) in [6, 6.07) is 8.00. The number of hydrogen-bond donors (Lipinski definition) is 0. The molecule has 0 saturated carbocycles. The molecule has 0 spiro atoms. The third kappa shape index (κ3) is 5.08. The first-order valence-electron chi connectivity index (χ1n) is 7.13. The molecule has 2 aromatic carbocycles. The fourth-order valence-electron chi connectivity index (χ4n) is 1.88. The number of halogens is 1. The van der Waals surface area contributed by atoms with Gasteiger partial charge in [-0.15, -0.1) is 10.2 Å². The largest absolute Gasteiger partial charge is 0.427 e. The summed E-state index contributed by atoms with van der Waals surface area (Å²) < 4.78 is 9.93. The minimum absolute atomic E-state index is 0.0170. The molecule has 2 rings (SSSR count). The molecule has 0 aliphatic carbocycles. The molecule has 9 nitrogen and oxygen atoms in total. The summed E-state index contributed by atoms with van der Waals surface area (Å²) in [5.41, 5.74) is -0.246. The van der Waals surface area contributed by atoms with E-state index in [-0.39, 0.29) is 33.6 Å². The molecular formula is C16H12ClN3O6. The van der Waals surface area contributed by atoms with Gasteiger partial charge in [-0.25, -0.2) is 0 Å². The normalized spacial score (nSPS) is 10.6. The lowest BCUT2D eigenvalue weighted by molar-refractivity contribution is -0.384. The standard InChI is InChI=1S/C16H12ClN3O6/c1-9(21)25-12-4-6-14(16(8-12)26-10(2)22)19-18-13-5-3-11(17)7-15(13)20(23)24/h3-8H,1-2H3. The number of nitro benzene ring substituents is 1. The summed E-state index contributed by atoms with van der Waals surface area (Å²) >= 11 is 5.74. The molecule has 134 valence electrons. The lowest BCUT2D eigenvalue weighted by Gasteiger charge is -2.07. The Morgan fingerprint density at radius 2 is 1.62 bits per heavy atom. The van der Waals surface area contributed by atoms with E-state index < -0.39 is 16.9 Å². The predicted molar refractivity (Wildman–Crippen MR) is 91.3 cm³/mol. The van der Waals surface area contributed by atoms with Crippen molar-refractivity contribution in [3.63, 3.8) is 0 Å². The highest BCUT2D eigenvalue weighted by Gasteiger charge is 2.15. The number of nitrogens with zero attached hydrogens (tertiary/aromatic N) is 3. The molecule has 26 heavy (non-hydrogen) atoms. The molecule has 0 amide bonds. The molecule has 0 heterocycles. The van der Waals surface area contributed by atoms with Gasteiger partial charge < -0.3 is 9.47 Å². The Morgan fingerprint density at radius 3 is 2.23 bits per heavy atom. The van der Waals surface area contributed by atoms with Gasteiger partial charge in [0.25, 0.3) is 5.69 Å².